The number of esters is 2. The van der Waals surface area contributed by atoms with Gasteiger partial charge in [0.25, 0.3) is 0 Å². The van der Waals surface area contributed by atoms with E-state index in [9.17, 15) is 9.59 Å². The number of rotatable bonds is 17. The molecule has 8 nitrogen and oxygen atoms in total. The zero-order chi connectivity index (χ0) is 23.8. The Morgan fingerprint density at radius 3 is 1.75 bits per heavy atom. The lowest BCUT2D eigenvalue weighted by Crippen LogP contribution is -2.14. The minimum atomic E-state index is -0.426. The van der Waals surface area contributed by atoms with Crippen LogP contribution in [0.3, 0.4) is 0 Å². The normalized spacial score (nSPS) is 10.3. The summed E-state index contributed by atoms with van der Waals surface area (Å²) >= 11 is 0. The van der Waals surface area contributed by atoms with Gasteiger partial charge in [0.15, 0.2) is 0 Å². The van der Waals surface area contributed by atoms with Crippen LogP contribution in [0.4, 0.5) is 0 Å². The van der Waals surface area contributed by atoms with Gasteiger partial charge >= 0.3 is 11.9 Å². The number of hydrogen-bond acceptors (Lipinski definition) is 8. The fraction of sp³-hybridized carbons (Fsp3) is 0.500. The van der Waals surface area contributed by atoms with E-state index in [0.717, 1.165) is 17.7 Å². The molecule has 32 heavy (non-hydrogen) atoms. The van der Waals surface area contributed by atoms with Crippen LogP contribution in [0, 0.1) is 0 Å². The molecule has 0 N–H and O–H groups in total. The third-order valence-electron chi connectivity index (χ3n) is 4.02. The second-order valence-electron chi connectivity index (χ2n) is 6.88. The SMILES string of the molecule is C=C(C)C(=O)OCCOCCOc1ccc(CC)c(OCCOCCOC(=O)C(=C)C)c1. The summed E-state index contributed by atoms with van der Waals surface area (Å²) in [7, 11) is 0. The third-order valence-corrected chi connectivity index (χ3v) is 4.02. The van der Waals surface area contributed by atoms with E-state index in [1.165, 1.54) is 0 Å². The van der Waals surface area contributed by atoms with Gasteiger partial charge in [-0.15, -0.1) is 0 Å². The Balaban J connectivity index is 2.26. The molecule has 0 aliphatic heterocycles. The van der Waals surface area contributed by atoms with Crippen molar-refractivity contribution in [2.45, 2.75) is 27.2 Å². The number of hydrogen-bond donors (Lipinski definition) is 0. The molecule has 0 saturated heterocycles. The standard InChI is InChI=1S/C24H34O8/c1-6-20-7-8-21(29-13-9-27-11-15-31-23(25)18(2)3)17-22(20)30-14-10-28-12-16-32-24(26)19(4)5/h7-8,17H,2,4,6,9-16H2,1,3,5H3. The minimum absolute atomic E-state index is 0.174. The molecule has 0 atom stereocenters. The zero-order valence-electron chi connectivity index (χ0n) is 19.3. The maximum Gasteiger partial charge on any atom is 0.333 e. The van der Waals surface area contributed by atoms with E-state index in [4.69, 9.17) is 28.4 Å². The highest BCUT2D eigenvalue weighted by atomic mass is 16.6. The second kappa shape index (κ2) is 15.9. The van der Waals surface area contributed by atoms with Gasteiger partial charge in [0.2, 0.25) is 0 Å². The number of ether oxygens (including phenoxy) is 6. The smallest absolute Gasteiger partial charge is 0.333 e. The minimum Gasteiger partial charge on any atom is -0.491 e. The van der Waals surface area contributed by atoms with Crippen molar-refractivity contribution in [1.82, 2.24) is 0 Å². The molecule has 0 saturated carbocycles. The molecule has 0 aliphatic rings. The summed E-state index contributed by atoms with van der Waals surface area (Å²) < 4.78 is 32.2. The van der Waals surface area contributed by atoms with Crippen molar-refractivity contribution in [3.05, 3.63) is 48.1 Å². The first-order valence-electron chi connectivity index (χ1n) is 10.5. The Bertz CT molecular complexity index is 756. The fourth-order valence-corrected chi connectivity index (χ4v) is 2.32. The summed E-state index contributed by atoms with van der Waals surface area (Å²) in [5.41, 5.74) is 1.78. The number of carbonyl (C=O) groups is 2. The van der Waals surface area contributed by atoms with Crippen LogP contribution >= 0.6 is 0 Å². The van der Waals surface area contributed by atoms with Crippen molar-refractivity contribution < 1.29 is 38.0 Å². The van der Waals surface area contributed by atoms with Crippen LogP contribution in [0.25, 0.3) is 0 Å². The third kappa shape index (κ3) is 11.5. The Kier molecular flexibility index (Phi) is 13.5. The lowest BCUT2D eigenvalue weighted by molar-refractivity contribution is -0.141. The van der Waals surface area contributed by atoms with Crippen LogP contribution in [-0.4, -0.2) is 64.8 Å². The Morgan fingerprint density at radius 1 is 0.750 bits per heavy atom. The van der Waals surface area contributed by atoms with E-state index in [2.05, 4.69) is 13.2 Å². The van der Waals surface area contributed by atoms with Gasteiger partial charge in [-0.25, -0.2) is 9.59 Å². The lowest BCUT2D eigenvalue weighted by atomic mass is 10.1. The summed E-state index contributed by atoms with van der Waals surface area (Å²) in [4.78, 5) is 22.5. The summed E-state index contributed by atoms with van der Waals surface area (Å²) in [5.74, 6) is 0.549. The second-order valence-corrected chi connectivity index (χ2v) is 6.88. The molecule has 0 fully saturated rings. The molecule has 0 spiro atoms. The molecule has 8 heteroatoms. The van der Waals surface area contributed by atoms with Crippen molar-refractivity contribution in [2.24, 2.45) is 0 Å². The summed E-state index contributed by atoms with van der Waals surface area (Å²) in [6.07, 6.45) is 0.819. The van der Waals surface area contributed by atoms with Crippen LogP contribution in [0.5, 0.6) is 11.5 Å². The van der Waals surface area contributed by atoms with Crippen molar-refractivity contribution in [2.75, 3.05) is 52.9 Å². The van der Waals surface area contributed by atoms with Gasteiger partial charge < -0.3 is 28.4 Å². The monoisotopic (exact) mass is 450 g/mol. The number of carbonyl (C=O) groups excluding carboxylic acids is 2. The highest BCUT2D eigenvalue weighted by Crippen LogP contribution is 2.25. The van der Waals surface area contributed by atoms with Gasteiger partial charge in [-0.3, -0.25) is 0 Å². The van der Waals surface area contributed by atoms with Crippen molar-refractivity contribution >= 4 is 11.9 Å². The van der Waals surface area contributed by atoms with Crippen LogP contribution in [0.15, 0.2) is 42.5 Å². The quantitative estimate of drug-likeness (QED) is 0.203. The molecule has 0 heterocycles. The molecule has 1 rings (SSSR count). The van der Waals surface area contributed by atoms with Gasteiger partial charge in [0.1, 0.15) is 37.9 Å². The van der Waals surface area contributed by atoms with E-state index in [1.807, 2.05) is 25.1 Å². The van der Waals surface area contributed by atoms with Crippen LogP contribution in [-0.2, 0) is 35.0 Å². The van der Waals surface area contributed by atoms with E-state index in [-0.39, 0.29) is 19.8 Å². The van der Waals surface area contributed by atoms with E-state index in [0.29, 0.717) is 49.9 Å². The van der Waals surface area contributed by atoms with Crippen molar-refractivity contribution in [3.8, 4) is 11.5 Å². The van der Waals surface area contributed by atoms with Gasteiger partial charge in [-0.1, -0.05) is 26.1 Å². The molecule has 0 unspecified atom stereocenters. The fourth-order valence-electron chi connectivity index (χ4n) is 2.32. The van der Waals surface area contributed by atoms with E-state index >= 15 is 0 Å². The number of aryl methyl sites for hydroxylation is 1. The first-order valence-corrected chi connectivity index (χ1v) is 10.5. The lowest BCUT2D eigenvalue weighted by Gasteiger charge is -2.13. The molecule has 0 bridgehead atoms. The number of benzene rings is 1. The predicted molar refractivity (Wildman–Crippen MR) is 120 cm³/mol. The molecule has 0 aliphatic carbocycles. The Hall–Kier alpha value is -2.84. The first kappa shape index (κ1) is 27.2. The topological polar surface area (TPSA) is 89.5 Å². The molecule has 0 radical (unpaired) electrons. The average molecular weight is 451 g/mol. The van der Waals surface area contributed by atoms with Gasteiger partial charge in [0, 0.05) is 17.2 Å². The highest BCUT2D eigenvalue weighted by Gasteiger charge is 2.06. The van der Waals surface area contributed by atoms with Crippen molar-refractivity contribution in [3.63, 3.8) is 0 Å². The Labute approximate surface area is 190 Å². The summed E-state index contributed by atoms with van der Waals surface area (Å²) in [5, 5.41) is 0. The summed E-state index contributed by atoms with van der Waals surface area (Å²) in [6.45, 7) is 14.6. The Morgan fingerprint density at radius 2 is 1.25 bits per heavy atom. The first-order chi connectivity index (χ1) is 15.3. The molecule has 178 valence electrons. The highest BCUT2D eigenvalue weighted by molar-refractivity contribution is 5.87. The maximum absolute atomic E-state index is 11.3. The van der Waals surface area contributed by atoms with E-state index < -0.39 is 11.9 Å². The molecule has 0 amide bonds. The van der Waals surface area contributed by atoms with Crippen LogP contribution < -0.4 is 9.47 Å². The summed E-state index contributed by atoms with van der Waals surface area (Å²) in [6, 6.07) is 5.68. The van der Waals surface area contributed by atoms with Crippen LogP contribution in [0.2, 0.25) is 0 Å². The molecular formula is C24H34O8. The van der Waals surface area contributed by atoms with E-state index in [1.54, 1.807) is 13.8 Å². The van der Waals surface area contributed by atoms with Gasteiger partial charge in [0.05, 0.1) is 26.4 Å². The predicted octanol–water partition coefficient (Wildman–Crippen LogP) is 3.28. The molecule has 1 aromatic carbocycles. The van der Waals surface area contributed by atoms with Crippen LogP contribution in [0.1, 0.15) is 26.3 Å². The largest absolute Gasteiger partial charge is 0.491 e. The molecular weight excluding hydrogens is 416 g/mol. The molecule has 1 aromatic rings. The average Bonchev–Trinajstić information content (AvgIpc) is 2.77. The van der Waals surface area contributed by atoms with Crippen molar-refractivity contribution in [1.29, 1.82) is 0 Å². The zero-order valence-corrected chi connectivity index (χ0v) is 19.3. The maximum atomic E-state index is 11.3. The van der Waals surface area contributed by atoms with Gasteiger partial charge in [-0.05, 0) is 31.9 Å². The molecule has 0 aromatic heterocycles. The van der Waals surface area contributed by atoms with Gasteiger partial charge in [-0.2, -0.15) is 0 Å².